The molecule has 0 fully saturated rings. The molecule has 2 heteroatoms. The van der Waals surface area contributed by atoms with Gasteiger partial charge in [-0.25, -0.2) is 0 Å². The first-order valence-corrected chi connectivity index (χ1v) is 21.3. The number of thiophene rings is 1. The summed E-state index contributed by atoms with van der Waals surface area (Å²) in [6.07, 6.45) is 0. The van der Waals surface area contributed by atoms with Gasteiger partial charge in [-0.1, -0.05) is 200 Å². The number of fused-ring (bicyclic) bond motifs is 4. The van der Waals surface area contributed by atoms with E-state index >= 15 is 0 Å². The Labute approximate surface area is 354 Å². The Kier molecular flexibility index (Phi) is 9.11. The van der Waals surface area contributed by atoms with Gasteiger partial charge >= 0.3 is 0 Å². The molecule has 0 atom stereocenters. The smallest absolute Gasteiger partial charge is 0.0555 e. The number of hydrogen-bond acceptors (Lipinski definition) is 2. The summed E-state index contributed by atoms with van der Waals surface area (Å²) < 4.78 is 2.56. The van der Waals surface area contributed by atoms with Crippen molar-refractivity contribution in [3.8, 4) is 55.6 Å². The first kappa shape index (κ1) is 35.6. The van der Waals surface area contributed by atoms with Crippen molar-refractivity contribution in [1.29, 1.82) is 0 Å². The molecule has 1 aromatic heterocycles. The van der Waals surface area contributed by atoms with Crippen molar-refractivity contribution >= 4 is 59.3 Å². The summed E-state index contributed by atoms with van der Waals surface area (Å²) in [6, 6.07) is 86.1. The van der Waals surface area contributed by atoms with Crippen molar-refractivity contribution in [1.82, 2.24) is 0 Å². The topological polar surface area (TPSA) is 3.24 Å². The second-order valence-electron chi connectivity index (χ2n) is 15.2. The van der Waals surface area contributed by atoms with Crippen molar-refractivity contribution in [3.05, 3.63) is 237 Å². The lowest BCUT2D eigenvalue weighted by Gasteiger charge is -2.29. The Bertz CT molecular complexity index is 3300. The predicted molar refractivity (Wildman–Crippen MR) is 259 cm³/mol. The van der Waals surface area contributed by atoms with E-state index in [2.05, 4.69) is 241 Å². The fourth-order valence-electron chi connectivity index (χ4n) is 8.91. The van der Waals surface area contributed by atoms with E-state index in [0.29, 0.717) is 0 Å². The lowest BCUT2D eigenvalue weighted by molar-refractivity contribution is 1.30. The highest BCUT2D eigenvalue weighted by Gasteiger charge is 2.23. The zero-order chi connectivity index (χ0) is 39.8. The van der Waals surface area contributed by atoms with Gasteiger partial charge in [-0.15, -0.1) is 11.3 Å². The molecule has 0 unspecified atom stereocenters. The third-order valence-corrected chi connectivity index (χ3v) is 12.9. The summed E-state index contributed by atoms with van der Waals surface area (Å²) in [5.41, 5.74) is 15.4. The van der Waals surface area contributed by atoms with Gasteiger partial charge in [0.1, 0.15) is 0 Å². The number of para-hydroxylation sites is 1. The molecule has 0 spiro atoms. The van der Waals surface area contributed by atoms with Gasteiger partial charge in [-0.05, 0) is 97.2 Å². The summed E-state index contributed by atoms with van der Waals surface area (Å²) in [7, 11) is 0. The second kappa shape index (κ2) is 15.3. The number of hydrogen-bond donors (Lipinski definition) is 0. The van der Waals surface area contributed by atoms with Gasteiger partial charge in [0.05, 0.1) is 11.4 Å². The Morgan fingerprint density at radius 1 is 0.267 bits per heavy atom. The first-order valence-electron chi connectivity index (χ1n) is 20.5. The lowest BCUT2D eigenvalue weighted by atomic mass is 9.88. The highest BCUT2D eigenvalue weighted by atomic mass is 32.1. The zero-order valence-corrected chi connectivity index (χ0v) is 33.7. The standard InChI is InChI=1S/C58H39NS/c1-2-16-42(17-3-1)48-21-6-7-22-49(48)50-23-8-9-24-51(50)52-25-10-12-28-54(52)59(55-29-15-31-57-58(55)53-26-11-13-30-56(53)60-57)45-38-36-41(37-39-45)40-32-34-44(35-33-40)47-27-14-19-43-18-4-5-20-46(43)47/h1-39H. The van der Waals surface area contributed by atoms with E-state index in [1.807, 2.05) is 11.3 Å². The minimum absolute atomic E-state index is 1.10. The van der Waals surface area contributed by atoms with Crippen LogP contribution in [-0.2, 0) is 0 Å². The van der Waals surface area contributed by atoms with Crippen molar-refractivity contribution in [2.75, 3.05) is 4.90 Å². The van der Waals surface area contributed by atoms with Crippen LogP contribution in [-0.4, -0.2) is 0 Å². The molecule has 60 heavy (non-hydrogen) atoms. The Morgan fingerprint density at radius 3 is 1.50 bits per heavy atom. The summed E-state index contributed by atoms with van der Waals surface area (Å²) in [5.74, 6) is 0. The van der Waals surface area contributed by atoms with Crippen LogP contribution in [0.25, 0.3) is 86.6 Å². The Hall–Kier alpha value is -7.52. The van der Waals surface area contributed by atoms with Gasteiger partial charge in [0, 0.05) is 31.4 Å². The molecular formula is C58H39NS. The highest BCUT2D eigenvalue weighted by molar-refractivity contribution is 7.26. The summed E-state index contributed by atoms with van der Waals surface area (Å²) in [6.45, 7) is 0. The number of rotatable bonds is 8. The van der Waals surface area contributed by atoms with Crippen LogP contribution in [0.2, 0.25) is 0 Å². The zero-order valence-electron chi connectivity index (χ0n) is 32.9. The van der Waals surface area contributed by atoms with E-state index in [0.717, 1.165) is 17.1 Å². The molecule has 0 bridgehead atoms. The quantitative estimate of drug-likeness (QED) is 0.148. The van der Waals surface area contributed by atoms with E-state index in [-0.39, 0.29) is 0 Å². The molecule has 0 aliphatic rings. The van der Waals surface area contributed by atoms with Crippen molar-refractivity contribution in [2.24, 2.45) is 0 Å². The third-order valence-electron chi connectivity index (χ3n) is 11.7. The van der Waals surface area contributed by atoms with Crippen LogP contribution >= 0.6 is 11.3 Å². The monoisotopic (exact) mass is 781 g/mol. The molecule has 10 aromatic carbocycles. The van der Waals surface area contributed by atoms with Gasteiger partial charge in [-0.2, -0.15) is 0 Å². The Morgan fingerprint density at radius 2 is 0.733 bits per heavy atom. The fraction of sp³-hybridized carbons (Fsp3) is 0. The third kappa shape index (κ3) is 6.35. The van der Waals surface area contributed by atoms with E-state index in [1.165, 1.54) is 86.6 Å². The maximum atomic E-state index is 2.48. The van der Waals surface area contributed by atoms with Crippen LogP contribution in [0.5, 0.6) is 0 Å². The van der Waals surface area contributed by atoms with E-state index in [9.17, 15) is 0 Å². The van der Waals surface area contributed by atoms with Crippen LogP contribution in [0.3, 0.4) is 0 Å². The van der Waals surface area contributed by atoms with E-state index in [4.69, 9.17) is 0 Å². The summed E-state index contributed by atoms with van der Waals surface area (Å²) in [5, 5.41) is 5.07. The van der Waals surface area contributed by atoms with Crippen molar-refractivity contribution in [2.45, 2.75) is 0 Å². The molecule has 11 rings (SSSR count). The van der Waals surface area contributed by atoms with Gasteiger partial charge in [-0.3, -0.25) is 0 Å². The molecular weight excluding hydrogens is 743 g/mol. The van der Waals surface area contributed by atoms with Gasteiger partial charge < -0.3 is 4.90 Å². The molecule has 0 aliphatic heterocycles. The minimum atomic E-state index is 1.10. The summed E-state index contributed by atoms with van der Waals surface area (Å²) >= 11 is 1.86. The highest BCUT2D eigenvalue weighted by Crippen LogP contribution is 2.49. The molecule has 0 N–H and O–H groups in total. The van der Waals surface area contributed by atoms with Crippen LogP contribution in [0, 0.1) is 0 Å². The lowest BCUT2D eigenvalue weighted by Crippen LogP contribution is -2.11. The van der Waals surface area contributed by atoms with Crippen LogP contribution in [0.4, 0.5) is 17.1 Å². The fourth-order valence-corrected chi connectivity index (χ4v) is 10.0. The Balaban J connectivity index is 1.06. The predicted octanol–water partition coefficient (Wildman–Crippen LogP) is 17.0. The van der Waals surface area contributed by atoms with Gasteiger partial charge in [0.15, 0.2) is 0 Å². The molecule has 0 aliphatic carbocycles. The van der Waals surface area contributed by atoms with Crippen LogP contribution in [0.1, 0.15) is 0 Å². The van der Waals surface area contributed by atoms with Gasteiger partial charge in [0.25, 0.3) is 0 Å². The van der Waals surface area contributed by atoms with E-state index < -0.39 is 0 Å². The summed E-state index contributed by atoms with van der Waals surface area (Å²) in [4.78, 5) is 2.48. The van der Waals surface area contributed by atoms with Crippen LogP contribution < -0.4 is 4.90 Å². The van der Waals surface area contributed by atoms with Crippen LogP contribution in [0.15, 0.2) is 237 Å². The minimum Gasteiger partial charge on any atom is -0.309 e. The number of benzene rings is 10. The number of anilines is 3. The molecule has 282 valence electrons. The maximum absolute atomic E-state index is 2.48. The molecule has 0 saturated carbocycles. The first-order chi connectivity index (χ1) is 29.8. The molecule has 0 radical (unpaired) electrons. The molecule has 0 saturated heterocycles. The maximum Gasteiger partial charge on any atom is 0.0555 e. The van der Waals surface area contributed by atoms with Crippen molar-refractivity contribution < 1.29 is 0 Å². The van der Waals surface area contributed by atoms with Crippen molar-refractivity contribution in [3.63, 3.8) is 0 Å². The molecule has 11 aromatic rings. The average molecular weight is 782 g/mol. The average Bonchev–Trinajstić information content (AvgIpc) is 3.72. The SMILES string of the molecule is c1ccc(-c2ccccc2-c2ccccc2-c2ccccc2N(c2ccc(-c3ccc(-c4cccc5ccccc45)cc3)cc2)c2cccc3sc4ccccc4c23)cc1. The second-order valence-corrected chi connectivity index (χ2v) is 16.3. The molecule has 1 nitrogen and oxygen atoms in total. The normalized spacial score (nSPS) is 11.3. The van der Waals surface area contributed by atoms with Gasteiger partial charge in [0.2, 0.25) is 0 Å². The largest absolute Gasteiger partial charge is 0.309 e. The molecule has 0 amide bonds. The number of nitrogens with zero attached hydrogens (tertiary/aromatic N) is 1. The molecule has 1 heterocycles. The van der Waals surface area contributed by atoms with E-state index in [1.54, 1.807) is 0 Å².